The minimum absolute atomic E-state index is 0.787. The van der Waals surface area contributed by atoms with Gasteiger partial charge in [-0.15, -0.1) is 11.8 Å². The summed E-state index contributed by atoms with van der Waals surface area (Å²) in [5.74, 6) is 9.80. The Balaban J connectivity index is 1.70. The zero-order valence-electron chi connectivity index (χ0n) is 12.4. The molecule has 2 saturated carbocycles. The molecule has 1 nitrogen and oxygen atoms in total. The summed E-state index contributed by atoms with van der Waals surface area (Å²) in [5, 5.41) is 0. The van der Waals surface area contributed by atoms with Gasteiger partial charge in [0, 0.05) is 12.8 Å². The molecule has 4 atom stereocenters. The highest BCUT2D eigenvalue weighted by atomic mass is 14.6. The third-order valence-electron chi connectivity index (χ3n) is 4.84. The maximum absolute atomic E-state index is 5.75. The molecule has 0 radical (unpaired) electrons. The lowest BCUT2D eigenvalue weighted by molar-refractivity contribution is 0.536. The van der Waals surface area contributed by atoms with Crippen LogP contribution in [0.5, 0.6) is 0 Å². The van der Waals surface area contributed by atoms with E-state index < -0.39 is 0 Å². The van der Waals surface area contributed by atoms with Gasteiger partial charge in [0.05, 0.1) is 0 Å². The smallest absolute Gasteiger partial charge is 0.0117 e. The van der Waals surface area contributed by atoms with E-state index in [0.717, 1.165) is 43.1 Å². The first-order valence-electron chi connectivity index (χ1n) is 8.15. The predicted molar refractivity (Wildman–Crippen MR) is 82.5 cm³/mol. The molecule has 4 unspecified atom stereocenters. The lowest BCUT2D eigenvalue weighted by Crippen LogP contribution is -2.10. The molecule has 106 valence electrons. The van der Waals surface area contributed by atoms with Gasteiger partial charge in [-0.05, 0) is 68.7 Å². The largest absolute Gasteiger partial charge is 0.330 e. The van der Waals surface area contributed by atoms with E-state index in [9.17, 15) is 0 Å². The highest BCUT2D eigenvalue weighted by molar-refractivity contribution is 5.03. The fourth-order valence-corrected chi connectivity index (χ4v) is 3.63. The molecule has 0 aromatic heterocycles. The van der Waals surface area contributed by atoms with Gasteiger partial charge in [-0.25, -0.2) is 0 Å². The Morgan fingerprint density at radius 2 is 1.58 bits per heavy atom. The van der Waals surface area contributed by atoms with Crippen LogP contribution in [0, 0.1) is 35.5 Å². The van der Waals surface area contributed by atoms with Gasteiger partial charge in [-0.3, -0.25) is 0 Å². The Kier molecular flexibility index (Phi) is 5.98. The van der Waals surface area contributed by atoms with Crippen molar-refractivity contribution < 1.29 is 0 Å². The molecule has 0 heterocycles. The van der Waals surface area contributed by atoms with Crippen molar-refractivity contribution in [2.75, 3.05) is 6.54 Å². The van der Waals surface area contributed by atoms with E-state index in [1.165, 1.54) is 38.5 Å². The molecule has 1 heteroatoms. The Labute approximate surface area is 119 Å². The van der Waals surface area contributed by atoms with Crippen LogP contribution in [0.3, 0.4) is 0 Å². The average molecular weight is 259 g/mol. The van der Waals surface area contributed by atoms with Gasteiger partial charge in [0.2, 0.25) is 0 Å². The van der Waals surface area contributed by atoms with Crippen LogP contribution in [0.2, 0.25) is 0 Å². The summed E-state index contributed by atoms with van der Waals surface area (Å²) >= 11 is 0. The van der Waals surface area contributed by atoms with Gasteiger partial charge in [0.15, 0.2) is 0 Å². The highest BCUT2D eigenvalue weighted by Gasteiger charge is 2.24. The Morgan fingerprint density at radius 1 is 0.947 bits per heavy atom. The Hall–Kier alpha value is -0.740. The van der Waals surface area contributed by atoms with Crippen LogP contribution in [0.1, 0.15) is 58.3 Å². The topological polar surface area (TPSA) is 26.0 Å². The van der Waals surface area contributed by atoms with Crippen molar-refractivity contribution in [1.29, 1.82) is 0 Å². The van der Waals surface area contributed by atoms with Crippen molar-refractivity contribution in [3.63, 3.8) is 0 Å². The van der Waals surface area contributed by atoms with Crippen molar-refractivity contribution in [3.05, 3.63) is 12.2 Å². The molecule has 0 spiro atoms. The summed E-state index contributed by atoms with van der Waals surface area (Å²) in [7, 11) is 0. The van der Waals surface area contributed by atoms with Crippen molar-refractivity contribution >= 4 is 0 Å². The van der Waals surface area contributed by atoms with Gasteiger partial charge < -0.3 is 5.73 Å². The summed E-state index contributed by atoms with van der Waals surface area (Å²) in [6.07, 6.45) is 15.3. The molecule has 2 aliphatic rings. The number of rotatable bonds is 4. The van der Waals surface area contributed by atoms with Crippen LogP contribution >= 0.6 is 0 Å². The van der Waals surface area contributed by atoms with Crippen molar-refractivity contribution in [2.24, 2.45) is 29.4 Å². The molecule has 0 bridgehead atoms. The lowest BCUT2D eigenvalue weighted by atomic mass is 9.99. The summed E-state index contributed by atoms with van der Waals surface area (Å²) in [6, 6.07) is 0. The van der Waals surface area contributed by atoms with E-state index in [4.69, 9.17) is 5.73 Å². The summed E-state index contributed by atoms with van der Waals surface area (Å²) < 4.78 is 0. The van der Waals surface area contributed by atoms with E-state index in [2.05, 4.69) is 30.9 Å². The van der Waals surface area contributed by atoms with E-state index >= 15 is 0 Å². The number of hydrogen-bond donors (Lipinski definition) is 1. The summed E-state index contributed by atoms with van der Waals surface area (Å²) in [4.78, 5) is 0. The zero-order chi connectivity index (χ0) is 13.5. The van der Waals surface area contributed by atoms with Crippen LogP contribution < -0.4 is 5.73 Å². The molecular formula is C18H29N. The first kappa shape index (κ1) is 14.7. The normalized spacial score (nSPS) is 34.6. The second-order valence-electron chi connectivity index (χ2n) is 6.41. The number of hydrogen-bond acceptors (Lipinski definition) is 1. The maximum atomic E-state index is 5.75. The standard InChI is InChI=1S/C18H29N/c1-2-3-4-5-15-6-7-16(12-15)8-9-17-10-11-18(13-17)14-19/h8-9,15-18H,2,5-7,10-14,19H2,1H3/b9-8-. The molecule has 0 saturated heterocycles. The second kappa shape index (κ2) is 7.75. The molecule has 0 aromatic carbocycles. The molecule has 2 rings (SSSR count). The quantitative estimate of drug-likeness (QED) is 0.596. The van der Waals surface area contributed by atoms with Gasteiger partial charge in [0.1, 0.15) is 0 Å². The van der Waals surface area contributed by atoms with Crippen LogP contribution in [0.4, 0.5) is 0 Å². The second-order valence-corrected chi connectivity index (χ2v) is 6.41. The first-order valence-corrected chi connectivity index (χ1v) is 8.15. The van der Waals surface area contributed by atoms with E-state index in [0.29, 0.717) is 0 Å². The van der Waals surface area contributed by atoms with Crippen LogP contribution in [-0.4, -0.2) is 6.54 Å². The number of nitrogens with two attached hydrogens (primary N) is 1. The van der Waals surface area contributed by atoms with Crippen LogP contribution in [0.25, 0.3) is 0 Å². The minimum atomic E-state index is 0.787. The molecule has 0 aromatic rings. The maximum Gasteiger partial charge on any atom is 0.0117 e. The van der Waals surface area contributed by atoms with Crippen molar-refractivity contribution in [3.8, 4) is 11.8 Å². The van der Waals surface area contributed by atoms with E-state index in [-0.39, 0.29) is 0 Å². The fourth-order valence-electron chi connectivity index (χ4n) is 3.63. The third-order valence-corrected chi connectivity index (χ3v) is 4.84. The molecule has 2 fully saturated rings. The van der Waals surface area contributed by atoms with Crippen LogP contribution in [-0.2, 0) is 0 Å². The third kappa shape index (κ3) is 4.69. The van der Waals surface area contributed by atoms with Gasteiger partial charge >= 0.3 is 0 Å². The fraction of sp³-hybridized carbons (Fsp3) is 0.778. The highest BCUT2D eigenvalue weighted by Crippen LogP contribution is 2.36. The van der Waals surface area contributed by atoms with Crippen molar-refractivity contribution in [1.82, 2.24) is 0 Å². The molecule has 19 heavy (non-hydrogen) atoms. The predicted octanol–water partition coefficient (Wildman–Crippen LogP) is 4.14. The first-order chi connectivity index (χ1) is 9.31. The molecule has 0 aliphatic heterocycles. The molecule has 2 aliphatic carbocycles. The molecule has 0 amide bonds. The summed E-state index contributed by atoms with van der Waals surface area (Å²) in [5.41, 5.74) is 5.75. The van der Waals surface area contributed by atoms with Gasteiger partial charge in [0.25, 0.3) is 0 Å². The van der Waals surface area contributed by atoms with Crippen molar-refractivity contribution in [2.45, 2.75) is 58.3 Å². The minimum Gasteiger partial charge on any atom is -0.330 e. The summed E-state index contributed by atoms with van der Waals surface area (Å²) in [6.45, 7) is 3.01. The molecular weight excluding hydrogens is 230 g/mol. The molecule has 2 N–H and O–H groups in total. The van der Waals surface area contributed by atoms with Gasteiger partial charge in [-0.2, -0.15) is 0 Å². The SMILES string of the molecule is CCC#CCC1CCC(/C=C\C2CCC(CN)C2)C1. The zero-order valence-corrected chi connectivity index (χ0v) is 12.4. The van der Waals surface area contributed by atoms with Crippen LogP contribution in [0.15, 0.2) is 12.2 Å². The monoisotopic (exact) mass is 259 g/mol. The average Bonchev–Trinajstić information content (AvgIpc) is 3.05. The number of allylic oxidation sites excluding steroid dienone is 2. The van der Waals surface area contributed by atoms with E-state index in [1.54, 1.807) is 0 Å². The van der Waals surface area contributed by atoms with E-state index in [1.807, 2.05) is 0 Å². The van der Waals surface area contributed by atoms with Gasteiger partial charge in [-0.1, -0.05) is 19.1 Å². The Morgan fingerprint density at radius 3 is 2.16 bits per heavy atom. The lowest BCUT2D eigenvalue weighted by Gasteiger charge is -2.07. The Bertz CT molecular complexity index is 346.